The molecular weight excluding hydrogens is 442 g/mol. The van der Waals surface area contributed by atoms with E-state index in [0.717, 1.165) is 0 Å². The second-order valence-corrected chi connectivity index (χ2v) is 10.5. The highest BCUT2D eigenvalue weighted by Gasteiger charge is 2.19. The fourth-order valence-corrected chi connectivity index (χ4v) is 6.24. The SMILES string of the molecule is Bc1c(B)c(B)c(-n2c3ccccc3c3cc(-c4ccc5[nH]c6ccccc6c5c4)ccc32)c(B)c1B. The van der Waals surface area contributed by atoms with Gasteiger partial charge in [0.25, 0.3) is 0 Å². The van der Waals surface area contributed by atoms with Crippen molar-refractivity contribution in [1.82, 2.24) is 9.55 Å². The molecule has 5 aromatic carbocycles. The molecule has 0 fully saturated rings. The normalized spacial score (nSPS) is 11.8. The van der Waals surface area contributed by atoms with Gasteiger partial charge >= 0.3 is 0 Å². The summed E-state index contributed by atoms with van der Waals surface area (Å²) in [6.07, 6.45) is 0. The van der Waals surface area contributed by atoms with E-state index >= 15 is 0 Å². The van der Waals surface area contributed by atoms with Crippen LogP contribution in [0.1, 0.15) is 0 Å². The van der Waals surface area contributed by atoms with Crippen LogP contribution in [0, 0.1) is 0 Å². The van der Waals surface area contributed by atoms with Crippen LogP contribution in [0.15, 0.2) is 84.9 Å². The van der Waals surface area contributed by atoms with E-state index in [1.54, 1.807) is 0 Å². The zero-order chi connectivity index (χ0) is 25.4. The lowest BCUT2D eigenvalue weighted by Crippen LogP contribution is -2.56. The van der Waals surface area contributed by atoms with Crippen molar-refractivity contribution in [3.63, 3.8) is 0 Å². The summed E-state index contributed by atoms with van der Waals surface area (Å²) in [5.74, 6) is 0. The van der Waals surface area contributed by atoms with Crippen molar-refractivity contribution < 1.29 is 0 Å². The molecule has 7 rings (SSSR count). The van der Waals surface area contributed by atoms with E-state index in [2.05, 4.69) is 134 Å². The molecule has 7 aromatic rings. The predicted molar refractivity (Wildman–Crippen MR) is 176 cm³/mol. The number of hydrogen-bond acceptors (Lipinski definition) is 0. The lowest BCUT2D eigenvalue weighted by Gasteiger charge is -2.22. The third kappa shape index (κ3) is 3.13. The Morgan fingerprint density at radius 3 is 1.76 bits per heavy atom. The minimum Gasteiger partial charge on any atom is -0.355 e. The molecule has 0 aliphatic heterocycles. The maximum atomic E-state index is 3.55. The Kier molecular flexibility index (Phi) is 4.82. The molecule has 0 aliphatic carbocycles. The Labute approximate surface area is 221 Å². The molecule has 0 atom stereocenters. The highest BCUT2D eigenvalue weighted by atomic mass is 15.0. The molecule has 0 saturated heterocycles. The highest BCUT2D eigenvalue weighted by molar-refractivity contribution is 6.68. The fourth-order valence-electron chi connectivity index (χ4n) is 6.24. The molecule has 1 N–H and O–H groups in total. The van der Waals surface area contributed by atoms with Gasteiger partial charge in [-0.1, -0.05) is 70.4 Å². The molecule has 0 aliphatic rings. The standard InChI is InChI=1S/C30H25B5N2/c31-25-26(32)28(34)30(29(35)27(25)33)37-23-8-4-2-6-18(23)20-14-16(10-12-24(20)37)15-9-11-22-19(13-15)17-5-1-3-7-21(17)36-22/h1-14,36H,31-35H2. The average Bonchev–Trinajstić information content (AvgIpc) is 3.46. The number of benzene rings is 5. The van der Waals surface area contributed by atoms with Crippen LogP contribution in [-0.2, 0) is 0 Å². The predicted octanol–water partition coefficient (Wildman–Crippen LogP) is -0.623. The summed E-state index contributed by atoms with van der Waals surface area (Å²) < 4.78 is 2.49. The van der Waals surface area contributed by atoms with Crippen molar-refractivity contribution in [2.24, 2.45) is 0 Å². The monoisotopic (exact) mass is 468 g/mol. The number of aromatic amines is 1. The summed E-state index contributed by atoms with van der Waals surface area (Å²) in [4.78, 5) is 3.55. The summed E-state index contributed by atoms with van der Waals surface area (Å²) in [5.41, 5.74) is 15.6. The first kappa shape index (κ1) is 22.2. The van der Waals surface area contributed by atoms with Gasteiger partial charge in [-0.25, -0.2) is 0 Å². The Morgan fingerprint density at radius 2 is 1.00 bits per heavy atom. The van der Waals surface area contributed by atoms with Crippen molar-refractivity contribution in [1.29, 1.82) is 0 Å². The van der Waals surface area contributed by atoms with Gasteiger partial charge in [0.2, 0.25) is 0 Å². The van der Waals surface area contributed by atoms with Crippen LogP contribution >= 0.6 is 0 Å². The van der Waals surface area contributed by atoms with Gasteiger partial charge in [-0.05, 0) is 47.5 Å². The molecule has 0 spiro atoms. The quantitative estimate of drug-likeness (QED) is 0.327. The number of H-pyrrole nitrogens is 1. The molecule has 37 heavy (non-hydrogen) atoms. The van der Waals surface area contributed by atoms with Crippen molar-refractivity contribution in [2.75, 3.05) is 0 Å². The lowest BCUT2D eigenvalue weighted by molar-refractivity contribution is 1.21. The van der Waals surface area contributed by atoms with Gasteiger partial charge in [-0.3, -0.25) is 0 Å². The van der Waals surface area contributed by atoms with Crippen molar-refractivity contribution in [3.8, 4) is 16.8 Å². The van der Waals surface area contributed by atoms with Crippen molar-refractivity contribution in [2.45, 2.75) is 0 Å². The number of para-hydroxylation sites is 2. The Balaban J connectivity index is 1.51. The Morgan fingerprint density at radius 1 is 0.459 bits per heavy atom. The Bertz CT molecular complexity index is 2020. The summed E-state index contributed by atoms with van der Waals surface area (Å²) in [6.45, 7) is 0. The van der Waals surface area contributed by atoms with Crippen LogP contribution in [0.4, 0.5) is 0 Å². The smallest absolute Gasteiger partial charge is 0.141 e. The number of hydrogen-bond donors (Lipinski definition) is 1. The number of nitrogens with one attached hydrogen (secondary N) is 1. The molecule has 2 nitrogen and oxygen atoms in total. The largest absolute Gasteiger partial charge is 0.355 e. The van der Waals surface area contributed by atoms with Gasteiger partial charge in [0.15, 0.2) is 0 Å². The molecule has 0 radical (unpaired) electrons. The summed E-state index contributed by atoms with van der Waals surface area (Å²) in [6, 6.07) is 31.1. The van der Waals surface area contributed by atoms with Crippen molar-refractivity contribution in [3.05, 3.63) is 84.9 Å². The van der Waals surface area contributed by atoms with E-state index in [0.29, 0.717) is 0 Å². The van der Waals surface area contributed by atoms with E-state index in [1.165, 1.54) is 87.7 Å². The topological polar surface area (TPSA) is 20.7 Å². The first-order valence-corrected chi connectivity index (χ1v) is 13.1. The molecule has 0 saturated carbocycles. The van der Waals surface area contributed by atoms with E-state index in [1.807, 2.05) is 0 Å². The van der Waals surface area contributed by atoms with Gasteiger partial charge in [0, 0.05) is 38.3 Å². The molecule has 7 heteroatoms. The second kappa shape index (κ2) is 8.01. The van der Waals surface area contributed by atoms with Gasteiger partial charge in [-0.2, -0.15) is 0 Å². The third-order valence-corrected chi connectivity index (χ3v) is 8.70. The molecule has 2 aromatic heterocycles. The molecule has 0 unspecified atom stereocenters. The minimum atomic E-state index is 1.18. The first-order valence-electron chi connectivity index (χ1n) is 13.1. The van der Waals surface area contributed by atoms with Crippen LogP contribution in [0.3, 0.4) is 0 Å². The summed E-state index contributed by atoms with van der Waals surface area (Å²) >= 11 is 0. The van der Waals surface area contributed by atoms with E-state index < -0.39 is 0 Å². The zero-order valence-electron chi connectivity index (χ0n) is 22.0. The molecule has 2 heterocycles. The van der Waals surface area contributed by atoms with Crippen LogP contribution in [0.25, 0.3) is 60.4 Å². The highest BCUT2D eigenvalue weighted by Crippen LogP contribution is 2.35. The van der Waals surface area contributed by atoms with Crippen LogP contribution in [0.5, 0.6) is 0 Å². The molecular formula is C30H25B5N2. The van der Waals surface area contributed by atoms with Crippen LogP contribution < -0.4 is 27.3 Å². The molecule has 0 amide bonds. The molecule has 170 valence electrons. The van der Waals surface area contributed by atoms with Crippen LogP contribution in [0.2, 0.25) is 0 Å². The summed E-state index contributed by atoms with van der Waals surface area (Å²) in [7, 11) is 11.3. The van der Waals surface area contributed by atoms with E-state index in [9.17, 15) is 0 Å². The van der Waals surface area contributed by atoms with Gasteiger partial charge in [0.1, 0.15) is 39.2 Å². The Hall–Kier alpha value is -3.98. The van der Waals surface area contributed by atoms with E-state index in [4.69, 9.17) is 0 Å². The maximum absolute atomic E-state index is 3.55. The number of aromatic nitrogens is 2. The fraction of sp³-hybridized carbons (Fsp3) is 0. The lowest BCUT2D eigenvalue weighted by atomic mass is 9.61. The number of nitrogens with zero attached hydrogens (tertiary/aromatic N) is 1. The van der Waals surface area contributed by atoms with Gasteiger partial charge in [-0.15, -0.1) is 5.46 Å². The van der Waals surface area contributed by atoms with Gasteiger partial charge in [0.05, 0.1) is 11.0 Å². The minimum absolute atomic E-state index is 1.18. The number of fused-ring (bicyclic) bond motifs is 6. The zero-order valence-corrected chi connectivity index (χ0v) is 22.0. The maximum Gasteiger partial charge on any atom is 0.141 e. The van der Waals surface area contributed by atoms with Crippen LogP contribution in [-0.4, -0.2) is 48.8 Å². The average molecular weight is 468 g/mol. The summed E-state index contributed by atoms with van der Waals surface area (Å²) in [5, 5.41) is 5.13. The molecule has 0 bridgehead atoms. The van der Waals surface area contributed by atoms with Crippen molar-refractivity contribution >= 4 is 110 Å². The third-order valence-electron chi connectivity index (χ3n) is 8.70. The first-order chi connectivity index (χ1) is 17.9. The van der Waals surface area contributed by atoms with Gasteiger partial charge < -0.3 is 9.55 Å². The second-order valence-electron chi connectivity index (χ2n) is 10.5. The number of rotatable bonds is 2. The van der Waals surface area contributed by atoms with E-state index in [-0.39, 0.29) is 0 Å².